The van der Waals surface area contributed by atoms with E-state index in [0.29, 0.717) is 6.07 Å². The number of para-hydroxylation sites is 1. The van der Waals surface area contributed by atoms with E-state index in [1.165, 1.54) is 18.2 Å². The zero-order valence-electron chi connectivity index (χ0n) is 8.62. The zero-order chi connectivity index (χ0) is 13.5. The van der Waals surface area contributed by atoms with Crippen molar-refractivity contribution in [3.05, 3.63) is 40.5 Å². The Morgan fingerprint density at radius 3 is 2.56 bits per heavy atom. The Morgan fingerprint density at radius 1 is 1.33 bits per heavy atom. The summed E-state index contributed by atoms with van der Waals surface area (Å²) in [6.45, 7) is 0. The molecule has 1 aromatic carbocycles. The average molecular weight is 276 g/mol. The van der Waals surface area contributed by atoms with Crippen LogP contribution in [0.1, 0.15) is 16.1 Å². The molecule has 0 aliphatic rings. The minimum Gasteiger partial charge on any atom is -0.477 e. The number of carboxylic acids is 1. The summed E-state index contributed by atoms with van der Waals surface area (Å²) in [6, 6.07) is 4.40. The molecule has 0 radical (unpaired) electrons. The van der Waals surface area contributed by atoms with Crippen LogP contribution in [0.3, 0.4) is 0 Å². The molecule has 2 rings (SSSR count). The summed E-state index contributed by atoms with van der Waals surface area (Å²) in [5, 5.41) is 8.50. The molecule has 0 spiro atoms. The first kappa shape index (κ1) is 12.6. The van der Waals surface area contributed by atoms with E-state index < -0.39 is 23.4 Å². The maximum absolute atomic E-state index is 12.8. The van der Waals surface area contributed by atoms with Crippen LogP contribution in [0.15, 0.2) is 24.3 Å². The molecule has 0 amide bonds. The Labute approximate surface area is 104 Å². The summed E-state index contributed by atoms with van der Waals surface area (Å²) >= 11 is 5.73. The van der Waals surface area contributed by atoms with Crippen molar-refractivity contribution in [2.24, 2.45) is 0 Å². The van der Waals surface area contributed by atoms with Gasteiger partial charge in [-0.25, -0.2) is 9.78 Å². The number of pyridine rings is 1. The first-order chi connectivity index (χ1) is 8.30. The maximum atomic E-state index is 12.8. The Hall–Kier alpha value is -1.82. The second-order valence-corrected chi connectivity index (χ2v) is 3.90. The predicted molar refractivity (Wildman–Crippen MR) is 58.7 cm³/mol. The molecule has 0 atom stereocenters. The van der Waals surface area contributed by atoms with Crippen LogP contribution in [0.25, 0.3) is 10.9 Å². The molecule has 2 aromatic rings. The van der Waals surface area contributed by atoms with Gasteiger partial charge in [0.25, 0.3) is 0 Å². The lowest BCUT2D eigenvalue weighted by molar-refractivity contribution is -0.136. The van der Waals surface area contributed by atoms with Crippen LogP contribution in [0, 0.1) is 0 Å². The van der Waals surface area contributed by atoms with Gasteiger partial charge in [-0.15, -0.1) is 0 Å². The molecule has 0 bridgehead atoms. The van der Waals surface area contributed by atoms with Crippen molar-refractivity contribution in [2.75, 3.05) is 0 Å². The van der Waals surface area contributed by atoms with E-state index in [4.69, 9.17) is 16.7 Å². The van der Waals surface area contributed by atoms with Crippen molar-refractivity contribution in [3.8, 4) is 0 Å². The second kappa shape index (κ2) is 4.13. The van der Waals surface area contributed by atoms with E-state index >= 15 is 0 Å². The van der Waals surface area contributed by atoms with E-state index in [2.05, 4.69) is 4.98 Å². The van der Waals surface area contributed by atoms with Crippen molar-refractivity contribution in [1.29, 1.82) is 0 Å². The molecular weight excluding hydrogens is 271 g/mol. The summed E-state index contributed by atoms with van der Waals surface area (Å²) < 4.78 is 38.5. The van der Waals surface area contributed by atoms with Gasteiger partial charge in [-0.2, -0.15) is 13.2 Å². The highest BCUT2D eigenvalue weighted by molar-refractivity contribution is 6.35. The number of hydrogen-bond acceptors (Lipinski definition) is 2. The second-order valence-electron chi connectivity index (χ2n) is 3.49. The van der Waals surface area contributed by atoms with E-state index in [1.807, 2.05) is 0 Å². The number of benzene rings is 1. The molecule has 1 aromatic heterocycles. The van der Waals surface area contributed by atoms with Crippen molar-refractivity contribution in [1.82, 2.24) is 4.98 Å². The van der Waals surface area contributed by atoms with E-state index in [-0.39, 0.29) is 15.9 Å². The number of alkyl halides is 3. The Balaban J connectivity index is 2.91. The molecule has 0 aliphatic heterocycles. The highest BCUT2D eigenvalue weighted by Crippen LogP contribution is 2.36. The number of fused-ring (bicyclic) bond motifs is 1. The van der Waals surface area contributed by atoms with Gasteiger partial charge in [0.1, 0.15) is 5.69 Å². The minimum atomic E-state index is -4.67. The van der Waals surface area contributed by atoms with Crippen molar-refractivity contribution < 1.29 is 23.1 Å². The van der Waals surface area contributed by atoms with Crippen LogP contribution in [0.5, 0.6) is 0 Å². The van der Waals surface area contributed by atoms with Crippen molar-refractivity contribution in [3.63, 3.8) is 0 Å². The van der Waals surface area contributed by atoms with Gasteiger partial charge in [-0.05, 0) is 12.1 Å². The molecule has 0 saturated carbocycles. The lowest BCUT2D eigenvalue weighted by Crippen LogP contribution is -2.10. The molecule has 18 heavy (non-hydrogen) atoms. The van der Waals surface area contributed by atoms with Gasteiger partial charge in [0.2, 0.25) is 0 Å². The van der Waals surface area contributed by atoms with Gasteiger partial charge in [-0.3, -0.25) is 0 Å². The van der Waals surface area contributed by atoms with Gasteiger partial charge in [-0.1, -0.05) is 23.7 Å². The first-order valence-corrected chi connectivity index (χ1v) is 5.08. The molecule has 0 saturated heterocycles. The fourth-order valence-corrected chi connectivity index (χ4v) is 1.77. The van der Waals surface area contributed by atoms with Crippen LogP contribution in [-0.4, -0.2) is 16.1 Å². The summed E-state index contributed by atoms with van der Waals surface area (Å²) in [6.07, 6.45) is -4.67. The summed E-state index contributed by atoms with van der Waals surface area (Å²) in [5.74, 6) is -1.54. The van der Waals surface area contributed by atoms with E-state index in [0.717, 1.165) is 0 Å². The van der Waals surface area contributed by atoms with Crippen LogP contribution in [0.2, 0.25) is 5.02 Å². The summed E-state index contributed by atoms with van der Waals surface area (Å²) in [5.41, 5.74) is -1.93. The molecule has 7 heteroatoms. The van der Waals surface area contributed by atoms with Crippen molar-refractivity contribution >= 4 is 28.5 Å². The van der Waals surface area contributed by atoms with E-state index in [9.17, 15) is 18.0 Å². The Bertz CT molecular complexity index is 640. The molecule has 0 aliphatic carbocycles. The molecule has 0 fully saturated rings. The summed E-state index contributed by atoms with van der Waals surface area (Å²) in [7, 11) is 0. The van der Waals surface area contributed by atoms with Crippen LogP contribution >= 0.6 is 11.6 Å². The Kier molecular flexibility index (Phi) is 2.90. The number of carbonyl (C=O) groups is 1. The van der Waals surface area contributed by atoms with Crippen LogP contribution in [0.4, 0.5) is 13.2 Å². The van der Waals surface area contributed by atoms with Gasteiger partial charge in [0, 0.05) is 5.39 Å². The van der Waals surface area contributed by atoms with Crippen LogP contribution < -0.4 is 0 Å². The van der Waals surface area contributed by atoms with Gasteiger partial charge < -0.3 is 5.11 Å². The molecule has 94 valence electrons. The highest BCUT2D eigenvalue weighted by Gasteiger charge is 2.34. The monoisotopic (exact) mass is 275 g/mol. The standard InChI is InChI=1S/C11H5ClF3NO2/c12-7-3-1-2-5-6(11(13,14)15)4-8(10(17)18)16-9(5)7/h1-4H,(H,17,18). The molecule has 0 unspecified atom stereocenters. The fourth-order valence-electron chi connectivity index (χ4n) is 1.56. The third-order valence-corrected chi connectivity index (χ3v) is 2.62. The third kappa shape index (κ3) is 2.11. The molecule has 3 nitrogen and oxygen atoms in total. The maximum Gasteiger partial charge on any atom is 0.417 e. The predicted octanol–water partition coefficient (Wildman–Crippen LogP) is 3.61. The van der Waals surface area contributed by atoms with Gasteiger partial charge in [0.05, 0.1) is 16.1 Å². The highest BCUT2D eigenvalue weighted by atomic mass is 35.5. The number of aromatic carboxylic acids is 1. The minimum absolute atomic E-state index is 0.0268. The first-order valence-electron chi connectivity index (χ1n) is 4.70. The van der Waals surface area contributed by atoms with Crippen molar-refractivity contribution in [2.45, 2.75) is 6.18 Å². The topological polar surface area (TPSA) is 50.2 Å². The van der Waals surface area contributed by atoms with Crippen LogP contribution in [-0.2, 0) is 6.18 Å². The number of nitrogens with zero attached hydrogens (tertiary/aromatic N) is 1. The SMILES string of the molecule is O=C(O)c1cc(C(F)(F)F)c2cccc(Cl)c2n1. The number of aromatic nitrogens is 1. The third-order valence-electron chi connectivity index (χ3n) is 2.31. The number of hydrogen-bond donors (Lipinski definition) is 1. The number of halogens is 4. The molecular formula is C11H5ClF3NO2. The molecule has 1 heterocycles. The smallest absolute Gasteiger partial charge is 0.417 e. The normalized spacial score (nSPS) is 11.8. The number of rotatable bonds is 1. The van der Waals surface area contributed by atoms with E-state index in [1.54, 1.807) is 0 Å². The lowest BCUT2D eigenvalue weighted by Gasteiger charge is -2.11. The lowest BCUT2D eigenvalue weighted by atomic mass is 10.1. The van der Waals surface area contributed by atoms with Gasteiger partial charge >= 0.3 is 12.1 Å². The van der Waals surface area contributed by atoms with Gasteiger partial charge in [0.15, 0.2) is 0 Å². The zero-order valence-corrected chi connectivity index (χ0v) is 9.38. The quantitative estimate of drug-likeness (QED) is 0.865. The Morgan fingerprint density at radius 2 is 2.00 bits per heavy atom. The number of carboxylic acid groups (broad SMARTS) is 1. The fraction of sp³-hybridized carbons (Fsp3) is 0.0909. The summed E-state index contributed by atoms with van der Waals surface area (Å²) in [4.78, 5) is 14.4. The largest absolute Gasteiger partial charge is 0.477 e. The average Bonchev–Trinajstić information content (AvgIpc) is 2.27. The molecule has 1 N–H and O–H groups in total.